The molecule has 0 rings (SSSR count). The van der Waals surface area contributed by atoms with Crippen LogP contribution in [0.3, 0.4) is 0 Å². The van der Waals surface area contributed by atoms with Crippen molar-refractivity contribution in [1.82, 2.24) is 5.32 Å². The van der Waals surface area contributed by atoms with Crippen LogP contribution in [0.1, 0.15) is 32.6 Å². The Morgan fingerprint density at radius 2 is 2.18 bits per heavy atom. The zero-order chi connectivity index (χ0) is 8.69. The van der Waals surface area contributed by atoms with E-state index in [-0.39, 0.29) is 11.9 Å². The third-order valence-corrected chi connectivity index (χ3v) is 1.70. The predicted octanol–water partition coefficient (Wildman–Crippen LogP) is 0.640. The van der Waals surface area contributed by atoms with Crippen molar-refractivity contribution in [2.75, 3.05) is 7.05 Å². The largest absolute Gasteiger partial charge is 0.358 e. The third kappa shape index (κ3) is 4.79. The number of amides is 1. The van der Waals surface area contributed by atoms with E-state index in [4.69, 9.17) is 5.73 Å². The molecule has 3 heteroatoms. The Labute approximate surface area is 68.3 Å². The molecular weight excluding hydrogens is 140 g/mol. The molecule has 0 fully saturated rings. The molecule has 0 aromatic heterocycles. The first-order valence-corrected chi connectivity index (χ1v) is 4.19. The van der Waals surface area contributed by atoms with Gasteiger partial charge in [-0.25, -0.2) is 0 Å². The van der Waals surface area contributed by atoms with Crippen molar-refractivity contribution < 1.29 is 4.79 Å². The fraction of sp³-hybridized carbons (Fsp3) is 0.875. The Kier molecular flexibility index (Phi) is 5.84. The quantitative estimate of drug-likeness (QED) is 0.577. The van der Waals surface area contributed by atoms with Gasteiger partial charge in [0.1, 0.15) is 0 Å². The highest BCUT2D eigenvalue weighted by Crippen LogP contribution is 2.01. The summed E-state index contributed by atoms with van der Waals surface area (Å²) in [6.07, 6.45) is 4.17. The van der Waals surface area contributed by atoms with Crippen LogP contribution in [0.5, 0.6) is 0 Å². The molecule has 0 saturated heterocycles. The molecular formula is C8H18N2O. The minimum absolute atomic E-state index is 0.0545. The standard InChI is InChI=1S/C8H18N2O/c1-3-4-5-6-7(9)8(11)10-2/h7H,3-6,9H2,1-2H3,(H,10,11)/t7-/m0/s1. The second-order valence-corrected chi connectivity index (χ2v) is 2.72. The molecule has 0 aromatic carbocycles. The summed E-state index contributed by atoms with van der Waals surface area (Å²) in [6.45, 7) is 2.13. The SMILES string of the molecule is CCCCC[C@H](N)C(=O)NC. The smallest absolute Gasteiger partial charge is 0.236 e. The summed E-state index contributed by atoms with van der Waals surface area (Å²) < 4.78 is 0. The van der Waals surface area contributed by atoms with Gasteiger partial charge in [-0.3, -0.25) is 4.79 Å². The van der Waals surface area contributed by atoms with Gasteiger partial charge in [0.25, 0.3) is 0 Å². The molecule has 0 saturated carbocycles. The second kappa shape index (κ2) is 6.16. The van der Waals surface area contributed by atoms with Crippen molar-refractivity contribution in [2.24, 2.45) is 5.73 Å². The molecule has 0 aromatic rings. The van der Waals surface area contributed by atoms with Crippen molar-refractivity contribution in [1.29, 1.82) is 0 Å². The van der Waals surface area contributed by atoms with Gasteiger partial charge in [0.05, 0.1) is 6.04 Å². The average Bonchev–Trinajstić information content (AvgIpc) is 2.03. The fourth-order valence-corrected chi connectivity index (χ4v) is 0.931. The number of nitrogens with two attached hydrogens (primary N) is 1. The first-order chi connectivity index (χ1) is 5.22. The van der Waals surface area contributed by atoms with Crippen molar-refractivity contribution in [3.63, 3.8) is 0 Å². The van der Waals surface area contributed by atoms with Crippen molar-refractivity contribution in [3.8, 4) is 0 Å². The van der Waals surface area contributed by atoms with Gasteiger partial charge >= 0.3 is 0 Å². The molecule has 0 spiro atoms. The van der Waals surface area contributed by atoms with Crippen LogP contribution in [0.15, 0.2) is 0 Å². The molecule has 0 radical (unpaired) electrons. The summed E-state index contributed by atoms with van der Waals surface area (Å²) in [6, 6.07) is -0.313. The highest BCUT2D eigenvalue weighted by Gasteiger charge is 2.09. The van der Waals surface area contributed by atoms with Crippen LogP contribution < -0.4 is 11.1 Å². The van der Waals surface area contributed by atoms with Gasteiger partial charge in [0, 0.05) is 7.05 Å². The maximum absolute atomic E-state index is 10.9. The van der Waals surface area contributed by atoms with E-state index in [9.17, 15) is 4.79 Å². The highest BCUT2D eigenvalue weighted by molar-refractivity contribution is 5.81. The predicted molar refractivity (Wildman–Crippen MR) is 46.2 cm³/mol. The van der Waals surface area contributed by atoms with Gasteiger partial charge in [-0.1, -0.05) is 26.2 Å². The van der Waals surface area contributed by atoms with Crippen LogP contribution in [-0.4, -0.2) is 19.0 Å². The number of carbonyl (C=O) groups excluding carboxylic acids is 1. The molecule has 1 atom stereocenters. The summed E-state index contributed by atoms with van der Waals surface area (Å²) in [5.41, 5.74) is 5.56. The Morgan fingerprint density at radius 3 is 2.64 bits per heavy atom. The first kappa shape index (κ1) is 10.4. The number of hydrogen-bond donors (Lipinski definition) is 2. The zero-order valence-electron chi connectivity index (χ0n) is 7.39. The van der Waals surface area contributed by atoms with Gasteiger partial charge in [-0.05, 0) is 6.42 Å². The van der Waals surface area contributed by atoms with E-state index in [1.54, 1.807) is 7.05 Å². The number of nitrogens with one attached hydrogen (secondary N) is 1. The maximum atomic E-state index is 10.9. The molecule has 0 heterocycles. The lowest BCUT2D eigenvalue weighted by Gasteiger charge is -2.08. The lowest BCUT2D eigenvalue weighted by Crippen LogP contribution is -2.38. The Hall–Kier alpha value is -0.570. The molecule has 3 N–H and O–H groups in total. The van der Waals surface area contributed by atoms with Crippen LogP contribution in [0.2, 0.25) is 0 Å². The van der Waals surface area contributed by atoms with Gasteiger partial charge in [0.15, 0.2) is 0 Å². The molecule has 3 nitrogen and oxygen atoms in total. The van der Waals surface area contributed by atoms with E-state index in [2.05, 4.69) is 12.2 Å². The first-order valence-electron chi connectivity index (χ1n) is 4.19. The number of hydrogen-bond acceptors (Lipinski definition) is 2. The Balaban J connectivity index is 3.36. The summed E-state index contributed by atoms with van der Waals surface area (Å²) in [5.74, 6) is -0.0545. The van der Waals surface area contributed by atoms with Gasteiger partial charge in [0.2, 0.25) is 5.91 Å². The lowest BCUT2D eigenvalue weighted by atomic mass is 10.1. The van der Waals surface area contributed by atoms with Gasteiger partial charge in [-0.15, -0.1) is 0 Å². The lowest BCUT2D eigenvalue weighted by molar-refractivity contribution is -0.122. The number of carbonyl (C=O) groups is 1. The zero-order valence-corrected chi connectivity index (χ0v) is 7.39. The van der Waals surface area contributed by atoms with Crippen molar-refractivity contribution in [3.05, 3.63) is 0 Å². The second-order valence-electron chi connectivity index (χ2n) is 2.72. The van der Waals surface area contributed by atoms with Gasteiger partial charge in [-0.2, -0.15) is 0 Å². The molecule has 0 aliphatic heterocycles. The van der Waals surface area contributed by atoms with E-state index in [0.29, 0.717) is 0 Å². The molecule has 0 aliphatic carbocycles. The molecule has 0 aliphatic rings. The van der Waals surface area contributed by atoms with Gasteiger partial charge < -0.3 is 11.1 Å². The summed E-state index contributed by atoms with van der Waals surface area (Å²) in [4.78, 5) is 10.9. The highest BCUT2D eigenvalue weighted by atomic mass is 16.2. The van der Waals surface area contributed by atoms with Crippen LogP contribution in [-0.2, 0) is 4.79 Å². The van der Waals surface area contributed by atoms with E-state index >= 15 is 0 Å². The van der Waals surface area contributed by atoms with E-state index < -0.39 is 0 Å². The number of unbranched alkanes of at least 4 members (excludes halogenated alkanes) is 2. The molecule has 1 amide bonds. The van der Waals surface area contributed by atoms with Crippen LogP contribution >= 0.6 is 0 Å². The van der Waals surface area contributed by atoms with E-state index in [0.717, 1.165) is 19.3 Å². The van der Waals surface area contributed by atoms with Crippen LogP contribution in [0.25, 0.3) is 0 Å². The Morgan fingerprint density at radius 1 is 1.55 bits per heavy atom. The van der Waals surface area contributed by atoms with E-state index in [1.165, 1.54) is 6.42 Å². The molecule has 0 unspecified atom stereocenters. The average molecular weight is 158 g/mol. The third-order valence-electron chi connectivity index (χ3n) is 1.70. The number of likely N-dealkylation sites (N-methyl/N-ethyl adjacent to an activating group) is 1. The minimum atomic E-state index is -0.313. The Bertz CT molecular complexity index is 115. The summed E-state index contributed by atoms with van der Waals surface area (Å²) >= 11 is 0. The molecule has 11 heavy (non-hydrogen) atoms. The summed E-state index contributed by atoms with van der Waals surface area (Å²) in [7, 11) is 1.61. The number of rotatable bonds is 5. The maximum Gasteiger partial charge on any atom is 0.236 e. The fourth-order valence-electron chi connectivity index (χ4n) is 0.931. The van der Waals surface area contributed by atoms with Crippen molar-refractivity contribution in [2.45, 2.75) is 38.6 Å². The summed E-state index contributed by atoms with van der Waals surface area (Å²) in [5, 5.41) is 2.53. The van der Waals surface area contributed by atoms with Crippen LogP contribution in [0, 0.1) is 0 Å². The van der Waals surface area contributed by atoms with Crippen molar-refractivity contribution >= 4 is 5.91 Å². The van der Waals surface area contributed by atoms with E-state index in [1.807, 2.05) is 0 Å². The molecule has 0 bridgehead atoms. The normalized spacial score (nSPS) is 12.6. The molecule has 66 valence electrons. The topological polar surface area (TPSA) is 55.1 Å². The monoisotopic (exact) mass is 158 g/mol. The van der Waals surface area contributed by atoms with Crippen LogP contribution in [0.4, 0.5) is 0 Å². The minimum Gasteiger partial charge on any atom is -0.358 e.